The molecule has 0 aliphatic heterocycles. The summed E-state index contributed by atoms with van der Waals surface area (Å²) < 4.78 is 12.4. The quantitative estimate of drug-likeness (QED) is 0.101. The molecule has 0 radical (unpaired) electrons. The van der Waals surface area contributed by atoms with E-state index in [4.69, 9.17) is 9.15 Å². The van der Waals surface area contributed by atoms with Gasteiger partial charge < -0.3 is 9.15 Å². The number of halogens is 1. The van der Waals surface area contributed by atoms with Crippen LogP contribution in [0.25, 0.3) is 21.7 Å². The van der Waals surface area contributed by atoms with Crippen molar-refractivity contribution in [1.29, 1.82) is 0 Å². The van der Waals surface area contributed by atoms with E-state index in [0.717, 1.165) is 25.8 Å². The lowest BCUT2D eigenvalue weighted by atomic mass is 10.1. The van der Waals surface area contributed by atoms with E-state index >= 15 is 0 Å². The molecule has 5 aromatic rings. The number of nitrogens with zero attached hydrogens (tertiary/aromatic N) is 2. The summed E-state index contributed by atoms with van der Waals surface area (Å²) in [5.74, 6) is 0.199. The van der Waals surface area contributed by atoms with Gasteiger partial charge in [0.15, 0.2) is 5.76 Å². The Balaban J connectivity index is 1.22. The number of carbonyl (C=O) groups excluding carboxylic acids is 1. The maximum absolute atomic E-state index is 12.4. The topological polar surface area (TPSA) is 107 Å². The molecule has 1 amide bonds. The van der Waals surface area contributed by atoms with Crippen LogP contribution in [-0.2, 0) is 6.61 Å². The summed E-state index contributed by atoms with van der Waals surface area (Å²) in [6, 6.07) is 25.5. The predicted molar refractivity (Wildman–Crippen MR) is 145 cm³/mol. The molecule has 1 heterocycles. The number of nitro groups is 1. The van der Waals surface area contributed by atoms with Gasteiger partial charge in [0.1, 0.15) is 17.9 Å². The summed E-state index contributed by atoms with van der Waals surface area (Å²) in [6.45, 7) is 0.446. The Morgan fingerprint density at radius 1 is 1.03 bits per heavy atom. The fourth-order valence-corrected chi connectivity index (χ4v) is 4.46. The monoisotopic (exact) mass is 591 g/mol. The van der Waals surface area contributed by atoms with Crippen molar-refractivity contribution >= 4 is 62.1 Å². The fourth-order valence-electron chi connectivity index (χ4n) is 3.77. The van der Waals surface area contributed by atoms with Crippen molar-refractivity contribution < 1.29 is 18.9 Å². The highest BCUT2D eigenvalue weighted by atomic mass is 127. The van der Waals surface area contributed by atoms with Crippen LogP contribution >= 0.6 is 22.6 Å². The molecule has 0 bridgehead atoms. The van der Waals surface area contributed by atoms with E-state index in [1.807, 2.05) is 36.4 Å². The number of hydrogen-bond acceptors (Lipinski definition) is 6. The van der Waals surface area contributed by atoms with E-state index in [9.17, 15) is 14.9 Å². The van der Waals surface area contributed by atoms with Crippen molar-refractivity contribution in [3.63, 3.8) is 0 Å². The molecule has 0 fully saturated rings. The number of hydrogen-bond donors (Lipinski definition) is 1. The van der Waals surface area contributed by atoms with E-state index in [1.54, 1.807) is 0 Å². The maximum Gasteiger partial charge on any atom is 0.307 e. The van der Waals surface area contributed by atoms with Gasteiger partial charge in [-0.3, -0.25) is 14.9 Å². The van der Waals surface area contributed by atoms with E-state index in [1.165, 1.54) is 35.9 Å². The van der Waals surface area contributed by atoms with E-state index < -0.39 is 10.8 Å². The minimum Gasteiger partial charge on any atom is -0.488 e. The molecule has 0 spiro atoms. The first-order valence-electron chi connectivity index (χ1n) is 10.9. The predicted octanol–water partition coefficient (Wildman–Crippen LogP) is 6.44. The molecule has 0 saturated heterocycles. The van der Waals surface area contributed by atoms with Crippen molar-refractivity contribution in [3.8, 4) is 5.75 Å². The number of amides is 1. The van der Waals surface area contributed by atoms with Crippen molar-refractivity contribution in [2.24, 2.45) is 5.10 Å². The minimum atomic E-state index is -0.560. The number of nitrogens with one attached hydrogen (secondary N) is 1. The molecule has 4 aromatic carbocycles. The minimum absolute atomic E-state index is 0.00872. The van der Waals surface area contributed by atoms with Crippen LogP contribution in [-0.4, -0.2) is 17.0 Å². The van der Waals surface area contributed by atoms with Gasteiger partial charge in [-0.1, -0.05) is 42.5 Å². The van der Waals surface area contributed by atoms with E-state index in [-0.39, 0.29) is 11.4 Å². The highest BCUT2D eigenvalue weighted by Crippen LogP contribution is 2.26. The molecule has 0 unspecified atom stereocenters. The molecular weight excluding hydrogens is 573 g/mol. The fraction of sp³-hybridized carbons (Fsp3) is 0.0370. The van der Waals surface area contributed by atoms with Crippen LogP contribution in [0.2, 0.25) is 0 Å². The molecule has 5 rings (SSSR count). The Kier molecular flexibility index (Phi) is 6.63. The van der Waals surface area contributed by atoms with Crippen LogP contribution in [0.3, 0.4) is 0 Å². The lowest BCUT2D eigenvalue weighted by Crippen LogP contribution is -2.16. The maximum atomic E-state index is 12.4. The summed E-state index contributed by atoms with van der Waals surface area (Å²) in [4.78, 5) is 22.8. The Bertz CT molecular complexity index is 1640. The Hall–Kier alpha value is -4.25. The standard InChI is InChI=1S/C27H18IN3O5/c28-23-12-17(8-10-25(23)35-16-19-6-3-5-18-4-1-2-7-22(18)19)15-29-30-27(32)26-14-20-13-21(31(33)34)9-11-24(20)36-26/h1-15H,16H2,(H,30,32)/b29-15-. The number of carbonyl (C=O) groups is 1. The highest BCUT2D eigenvalue weighted by molar-refractivity contribution is 14.1. The van der Waals surface area contributed by atoms with Crippen molar-refractivity contribution in [2.75, 3.05) is 0 Å². The molecule has 0 aliphatic carbocycles. The third kappa shape index (κ3) is 5.05. The Morgan fingerprint density at radius 3 is 2.69 bits per heavy atom. The van der Waals surface area contributed by atoms with Crippen LogP contribution in [0.15, 0.2) is 94.4 Å². The molecule has 0 atom stereocenters. The zero-order valence-corrected chi connectivity index (χ0v) is 20.8. The first-order valence-corrected chi connectivity index (χ1v) is 12.0. The SMILES string of the molecule is O=C(N/N=C\c1ccc(OCc2cccc3ccccc23)c(I)c1)c1cc2cc([N+](=O)[O-])ccc2o1. The average molecular weight is 591 g/mol. The number of hydrazone groups is 1. The molecule has 1 N–H and O–H groups in total. The summed E-state index contributed by atoms with van der Waals surface area (Å²) in [5, 5.41) is 17.7. The van der Waals surface area contributed by atoms with Crippen LogP contribution in [0, 0.1) is 13.7 Å². The second kappa shape index (κ2) is 10.2. The van der Waals surface area contributed by atoms with Crippen molar-refractivity contribution in [3.05, 3.63) is 116 Å². The molecular formula is C27H18IN3O5. The summed E-state index contributed by atoms with van der Waals surface area (Å²) >= 11 is 2.20. The second-order valence-corrected chi connectivity index (χ2v) is 9.07. The third-order valence-corrected chi connectivity index (χ3v) is 6.38. The van der Waals surface area contributed by atoms with Gasteiger partial charge in [-0.2, -0.15) is 5.10 Å². The molecule has 0 aliphatic rings. The number of rotatable bonds is 7. The molecule has 1 aromatic heterocycles. The smallest absolute Gasteiger partial charge is 0.307 e. The van der Waals surface area contributed by atoms with Gasteiger partial charge >= 0.3 is 5.91 Å². The first-order chi connectivity index (χ1) is 17.5. The van der Waals surface area contributed by atoms with E-state index in [2.05, 4.69) is 57.4 Å². The zero-order chi connectivity index (χ0) is 25.1. The van der Waals surface area contributed by atoms with Gasteiger partial charge in [-0.15, -0.1) is 0 Å². The average Bonchev–Trinajstić information content (AvgIpc) is 3.32. The number of nitro benzene ring substituents is 1. The van der Waals surface area contributed by atoms with Crippen molar-refractivity contribution in [2.45, 2.75) is 6.61 Å². The molecule has 178 valence electrons. The zero-order valence-electron chi connectivity index (χ0n) is 18.7. The van der Waals surface area contributed by atoms with Gasteiger partial charge in [-0.05, 0) is 74.8 Å². The van der Waals surface area contributed by atoms with Crippen LogP contribution in [0.5, 0.6) is 5.75 Å². The lowest BCUT2D eigenvalue weighted by molar-refractivity contribution is -0.384. The number of furan rings is 1. The van der Waals surface area contributed by atoms with Crippen LogP contribution < -0.4 is 10.2 Å². The Labute approximate surface area is 218 Å². The van der Waals surface area contributed by atoms with Crippen LogP contribution in [0.4, 0.5) is 5.69 Å². The highest BCUT2D eigenvalue weighted by Gasteiger charge is 2.14. The third-order valence-electron chi connectivity index (χ3n) is 5.53. The lowest BCUT2D eigenvalue weighted by Gasteiger charge is -2.11. The first kappa shape index (κ1) is 23.5. The normalized spacial score (nSPS) is 11.2. The van der Waals surface area contributed by atoms with Gasteiger partial charge in [0, 0.05) is 17.5 Å². The van der Waals surface area contributed by atoms with Crippen LogP contribution in [0.1, 0.15) is 21.7 Å². The van der Waals surface area contributed by atoms with Gasteiger partial charge in [-0.25, -0.2) is 5.43 Å². The largest absolute Gasteiger partial charge is 0.488 e. The number of fused-ring (bicyclic) bond motifs is 2. The van der Waals surface area contributed by atoms with E-state index in [0.29, 0.717) is 17.6 Å². The second-order valence-electron chi connectivity index (χ2n) is 7.91. The van der Waals surface area contributed by atoms with Crippen molar-refractivity contribution in [1.82, 2.24) is 5.43 Å². The molecule has 8 nitrogen and oxygen atoms in total. The van der Waals surface area contributed by atoms with Gasteiger partial charge in [0.05, 0.1) is 14.7 Å². The molecule has 0 saturated carbocycles. The summed E-state index contributed by atoms with van der Waals surface area (Å²) in [6.07, 6.45) is 1.52. The number of benzene rings is 4. The van der Waals surface area contributed by atoms with Gasteiger partial charge in [0.25, 0.3) is 5.69 Å². The molecule has 9 heteroatoms. The number of ether oxygens (including phenoxy) is 1. The summed E-state index contributed by atoms with van der Waals surface area (Å²) in [7, 11) is 0. The summed E-state index contributed by atoms with van der Waals surface area (Å²) in [5.41, 5.74) is 4.60. The molecule has 36 heavy (non-hydrogen) atoms. The Morgan fingerprint density at radius 2 is 1.86 bits per heavy atom. The van der Waals surface area contributed by atoms with Gasteiger partial charge in [0.2, 0.25) is 0 Å². The number of non-ortho nitro benzene ring substituents is 1.